The molecule has 5 heteroatoms. The minimum absolute atomic E-state index is 0.109. The van der Waals surface area contributed by atoms with Crippen molar-refractivity contribution < 1.29 is 5.11 Å². The van der Waals surface area contributed by atoms with Gasteiger partial charge in [-0.05, 0) is 43.9 Å². The van der Waals surface area contributed by atoms with Crippen molar-refractivity contribution in [1.82, 2.24) is 4.90 Å². The Morgan fingerprint density at radius 1 is 1.05 bits per heavy atom. The molecule has 0 aliphatic rings. The average molecular weight is 311 g/mol. The van der Waals surface area contributed by atoms with Crippen LogP contribution in [0.3, 0.4) is 0 Å². The molecule has 0 atom stereocenters. The Hall–Kier alpha value is -1.42. The Kier molecular flexibility index (Phi) is 4.76. The number of hydrogen-bond acceptors (Lipinski definition) is 3. The number of phenolic OH excluding ortho intramolecular Hbond substituents is 1. The number of hydrogen-bond donors (Lipinski definition) is 2. The molecular formula is C15H16Cl2N2O. The molecule has 2 rings (SSSR count). The second kappa shape index (κ2) is 6.35. The number of aromatic hydroxyl groups is 1. The van der Waals surface area contributed by atoms with Crippen LogP contribution in [0.5, 0.6) is 5.75 Å². The highest BCUT2D eigenvalue weighted by Crippen LogP contribution is 2.38. The van der Waals surface area contributed by atoms with E-state index >= 15 is 0 Å². The zero-order chi connectivity index (χ0) is 14.7. The summed E-state index contributed by atoms with van der Waals surface area (Å²) in [6, 6.07) is 11.4. The summed E-state index contributed by atoms with van der Waals surface area (Å²) < 4.78 is 0. The summed E-state index contributed by atoms with van der Waals surface area (Å²) in [4.78, 5) is 2.11. The van der Waals surface area contributed by atoms with Crippen molar-refractivity contribution in [3.63, 3.8) is 0 Å². The summed E-state index contributed by atoms with van der Waals surface area (Å²) in [6.07, 6.45) is 0. The molecule has 2 aromatic carbocycles. The number of nitrogens with one attached hydrogen (secondary N) is 1. The Balaban J connectivity index is 2.16. The molecule has 0 unspecified atom stereocenters. The van der Waals surface area contributed by atoms with E-state index in [1.165, 1.54) is 5.56 Å². The minimum Gasteiger partial charge on any atom is -0.505 e. The van der Waals surface area contributed by atoms with Crippen LogP contribution in [0.2, 0.25) is 10.0 Å². The van der Waals surface area contributed by atoms with Crippen LogP contribution >= 0.6 is 23.2 Å². The Morgan fingerprint density at radius 3 is 2.30 bits per heavy atom. The van der Waals surface area contributed by atoms with E-state index in [1.54, 1.807) is 12.1 Å². The lowest BCUT2D eigenvalue weighted by Crippen LogP contribution is -2.10. The first kappa shape index (κ1) is 15.0. The van der Waals surface area contributed by atoms with E-state index in [2.05, 4.69) is 10.2 Å². The van der Waals surface area contributed by atoms with Gasteiger partial charge in [-0.3, -0.25) is 0 Å². The normalized spacial score (nSPS) is 10.8. The number of anilines is 2. The van der Waals surface area contributed by atoms with Gasteiger partial charge in [-0.1, -0.05) is 35.3 Å². The predicted molar refractivity (Wildman–Crippen MR) is 85.2 cm³/mol. The molecule has 0 spiro atoms. The van der Waals surface area contributed by atoms with Gasteiger partial charge in [-0.2, -0.15) is 0 Å². The standard InChI is InChI=1S/C15H16Cl2N2O/c1-19(2)9-10-3-5-11(6-4-10)18-13-8-7-12(16)15(20)14(13)17/h3-8,18,20H,9H2,1-2H3. The van der Waals surface area contributed by atoms with E-state index in [0.29, 0.717) is 5.69 Å². The fraction of sp³-hybridized carbons (Fsp3) is 0.200. The van der Waals surface area contributed by atoms with Gasteiger partial charge in [0.05, 0.1) is 10.7 Å². The quantitative estimate of drug-likeness (QED) is 0.872. The van der Waals surface area contributed by atoms with Crippen LogP contribution in [0.25, 0.3) is 0 Å². The molecule has 0 heterocycles. The number of phenols is 1. The molecule has 2 N–H and O–H groups in total. The van der Waals surface area contributed by atoms with Gasteiger partial charge in [0, 0.05) is 12.2 Å². The van der Waals surface area contributed by atoms with Crippen LogP contribution in [0, 0.1) is 0 Å². The molecule has 106 valence electrons. The molecule has 0 fully saturated rings. The third-order valence-corrected chi connectivity index (χ3v) is 3.49. The molecule has 0 saturated carbocycles. The molecule has 0 aromatic heterocycles. The van der Waals surface area contributed by atoms with Crippen LogP contribution in [0.15, 0.2) is 36.4 Å². The smallest absolute Gasteiger partial charge is 0.154 e. The largest absolute Gasteiger partial charge is 0.505 e. The highest BCUT2D eigenvalue weighted by atomic mass is 35.5. The maximum absolute atomic E-state index is 9.70. The molecule has 2 aromatic rings. The third kappa shape index (κ3) is 3.57. The molecule has 20 heavy (non-hydrogen) atoms. The number of benzene rings is 2. The summed E-state index contributed by atoms with van der Waals surface area (Å²) in [5.41, 5.74) is 2.75. The maximum atomic E-state index is 9.70. The second-order valence-corrected chi connectivity index (χ2v) is 5.60. The summed E-state index contributed by atoms with van der Waals surface area (Å²) in [5, 5.41) is 13.3. The number of halogens is 2. The number of rotatable bonds is 4. The summed E-state index contributed by atoms with van der Waals surface area (Å²) in [7, 11) is 4.06. The zero-order valence-corrected chi connectivity index (χ0v) is 12.8. The van der Waals surface area contributed by atoms with Crippen LogP contribution in [-0.2, 0) is 6.54 Å². The van der Waals surface area contributed by atoms with Gasteiger partial charge in [0.1, 0.15) is 5.02 Å². The molecule has 0 amide bonds. The van der Waals surface area contributed by atoms with Gasteiger partial charge in [0.25, 0.3) is 0 Å². The van der Waals surface area contributed by atoms with E-state index in [9.17, 15) is 5.11 Å². The number of nitrogens with zero attached hydrogens (tertiary/aromatic N) is 1. The fourth-order valence-corrected chi connectivity index (χ4v) is 2.27. The van der Waals surface area contributed by atoms with Crippen molar-refractivity contribution >= 4 is 34.6 Å². The Morgan fingerprint density at radius 2 is 1.70 bits per heavy atom. The van der Waals surface area contributed by atoms with Crippen LogP contribution in [0.1, 0.15) is 5.56 Å². The van der Waals surface area contributed by atoms with Crippen LogP contribution in [-0.4, -0.2) is 24.1 Å². The molecule has 0 aliphatic carbocycles. The molecule has 0 aliphatic heterocycles. The van der Waals surface area contributed by atoms with Gasteiger partial charge in [-0.15, -0.1) is 0 Å². The van der Waals surface area contributed by atoms with Crippen molar-refractivity contribution in [3.8, 4) is 5.75 Å². The molecule has 0 radical (unpaired) electrons. The maximum Gasteiger partial charge on any atom is 0.154 e. The molecule has 0 saturated heterocycles. The van der Waals surface area contributed by atoms with Gasteiger partial charge < -0.3 is 15.3 Å². The van der Waals surface area contributed by atoms with E-state index < -0.39 is 0 Å². The van der Waals surface area contributed by atoms with E-state index in [-0.39, 0.29) is 15.8 Å². The highest BCUT2D eigenvalue weighted by Gasteiger charge is 2.09. The van der Waals surface area contributed by atoms with Crippen molar-refractivity contribution in [2.75, 3.05) is 19.4 Å². The topological polar surface area (TPSA) is 35.5 Å². The summed E-state index contributed by atoms with van der Waals surface area (Å²) >= 11 is 11.8. The third-order valence-electron chi connectivity index (χ3n) is 2.80. The van der Waals surface area contributed by atoms with Crippen molar-refractivity contribution in [1.29, 1.82) is 0 Å². The van der Waals surface area contributed by atoms with E-state index in [4.69, 9.17) is 23.2 Å². The average Bonchev–Trinajstić information content (AvgIpc) is 2.41. The second-order valence-electron chi connectivity index (χ2n) is 4.82. The fourth-order valence-electron chi connectivity index (χ4n) is 1.85. The highest BCUT2D eigenvalue weighted by molar-refractivity contribution is 6.38. The summed E-state index contributed by atoms with van der Waals surface area (Å²) in [5.74, 6) is -0.109. The first-order chi connectivity index (χ1) is 9.47. The predicted octanol–water partition coefficient (Wildman–Crippen LogP) is 4.50. The first-order valence-corrected chi connectivity index (χ1v) is 6.90. The monoisotopic (exact) mass is 310 g/mol. The lowest BCUT2D eigenvalue weighted by Gasteiger charge is -2.12. The van der Waals surface area contributed by atoms with Gasteiger partial charge >= 0.3 is 0 Å². The molecule has 3 nitrogen and oxygen atoms in total. The lowest BCUT2D eigenvalue weighted by atomic mass is 10.2. The van der Waals surface area contributed by atoms with Crippen molar-refractivity contribution in [2.24, 2.45) is 0 Å². The Bertz CT molecular complexity index is 598. The van der Waals surface area contributed by atoms with Gasteiger partial charge in [0.2, 0.25) is 0 Å². The first-order valence-electron chi connectivity index (χ1n) is 6.15. The Labute approximate surface area is 128 Å². The SMILES string of the molecule is CN(C)Cc1ccc(Nc2ccc(Cl)c(O)c2Cl)cc1. The minimum atomic E-state index is -0.109. The summed E-state index contributed by atoms with van der Waals surface area (Å²) in [6.45, 7) is 0.892. The van der Waals surface area contributed by atoms with Gasteiger partial charge in [0.15, 0.2) is 5.75 Å². The van der Waals surface area contributed by atoms with Crippen LogP contribution < -0.4 is 5.32 Å². The van der Waals surface area contributed by atoms with E-state index in [0.717, 1.165) is 12.2 Å². The molecular weight excluding hydrogens is 295 g/mol. The van der Waals surface area contributed by atoms with Crippen molar-refractivity contribution in [3.05, 3.63) is 52.0 Å². The molecule has 0 bridgehead atoms. The van der Waals surface area contributed by atoms with E-state index in [1.807, 2.05) is 38.4 Å². The van der Waals surface area contributed by atoms with Crippen LogP contribution in [0.4, 0.5) is 11.4 Å². The van der Waals surface area contributed by atoms with Gasteiger partial charge in [-0.25, -0.2) is 0 Å². The zero-order valence-electron chi connectivity index (χ0n) is 11.3. The lowest BCUT2D eigenvalue weighted by molar-refractivity contribution is 0.402. The van der Waals surface area contributed by atoms with Crippen molar-refractivity contribution in [2.45, 2.75) is 6.54 Å².